The second-order valence-electron chi connectivity index (χ2n) is 3.81. The SMILES string of the molecule is COc1ccc(C(O)c2csc(C)n2)cc1OC. The van der Waals surface area contributed by atoms with Crippen molar-refractivity contribution in [3.8, 4) is 11.5 Å². The van der Waals surface area contributed by atoms with Crippen molar-refractivity contribution in [2.45, 2.75) is 13.0 Å². The van der Waals surface area contributed by atoms with Crippen molar-refractivity contribution in [1.29, 1.82) is 0 Å². The van der Waals surface area contributed by atoms with E-state index in [1.807, 2.05) is 12.3 Å². The molecule has 0 aliphatic carbocycles. The van der Waals surface area contributed by atoms with Gasteiger partial charge in [0.05, 0.1) is 24.9 Å². The molecular weight excluding hydrogens is 250 g/mol. The number of rotatable bonds is 4. The van der Waals surface area contributed by atoms with Crippen LogP contribution < -0.4 is 9.47 Å². The van der Waals surface area contributed by atoms with Crippen molar-refractivity contribution in [3.05, 3.63) is 39.8 Å². The van der Waals surface area contributed by atoms with Gasteiger partial charge in [-0.1, -0.05) is 6.07 Å². The number of hydrogen-bond donors (Lipinski definition) is 1. The Morgan fingerprint density at radius 1 is 1.22 bits per heavy atom. The number of methoxy groups -OCH3 is 2. The fourth-order valence-corrected chi connectivity index (χ4v) is 2.33. The topological polar surface area (TPSA) is 51.6 Å². The van der Waals surface area contributed by atoms with Crippen molar-refractivity contribution in [2.75, 3.05) is 14.2 Å². The van der Waals surface area contributed by atoms with Gasteiger partial charge >= 0.3 is 0 Å². The van der Waals surface area contributed by atoms with Gasteiger partial charge in [0.15, 0.2) is 11.5 Å². The second-order valence-corrected chi connectivity index (χ2v) is 4.87. The van der Waals surface area contributed by atoms with Gasteiger partial charge in [-0.3, -0.25) is 0 Å². The zero-order chi connectivity index (χ0) is 13.1. The summed E-state index contributed by atoms with van der Waals surface area (Å²) >= 11 is 1.52. The number of benzene rings is 1. The average molecular weight is 265 g/mol. The van der Waals surface area contributed by atoms with Gasteiger partial charge in [0.1, 0.15) is 6.10 Å². The fourth-order valence-electron chi connectivity index (χ4n) is 1.70. The largest absolute Gasteiger partial charge is 0.493 e. The lowest BCUT2D eigenvalue weighted by Gasteiger charge is -2.12. The minimum absolute atomic E-state index is 0.598. The van der Waals surface area contributed by atoms with Crippen LogP contribution in [0.15, 0.2) is 23.6 Å². The lowest BCUT2D eigenvalue weighted by Crippen LogP contribution is -2.01. The number of nitrogens with zero attached hydrogens (tertiary/aromatic N) is 1. The van der Waals surface area contributed by atoms with Crippen LogP contribution in [-0.4, -0.2) is 24.3 Å². The summed E-state index contributed by atoms with van der Waals surface area (Å²) in [4.78, 5) is 4.28. The Hall–Kier alpha value is -1.59. The van der Waals surface area contributed by atoms with Gasteiger partial charge in [0.2, 0.25) is 0 Å². The highest BCUT2D eigenvalue weighted by Gasteiger charge is 2.15. The molecule has 5 heteroatoms. The Morgan fingerprint density at radius 2 is 1.94 bits per heavy atom. The standard InChI is InChI=1S/C13H15NO3S/c1-8-14-10(7-18-8)13(15)9-4-5-11(16-2)12(6-9)17-3/h4-7,13,15H,1-3H3. The van der Waals surface area contributed by atoms with E-state index < -0.39 is 6.10 Å². The molecule has 0 bridgehead atoms. The van der Waals surface area contributed by atoms with E-state index in [9.17, 15) is 5.11 Å². The number of ether oxygens (including phenoxy) is 2. The Morgan fingerprint density at radius 3 is 2.50 bits per heavy atom. The first-order valence-corrected chi connectivity index (χ1v) is 6.35. The second kappa shape index (κ2) is 5.37. The molecule has 2 aromatic rings. The van der Waals surface area contributed by atoms with Gasteiger partial charge in [-0.25, -0.2) is 4.98 Å². The minimum atomic E-state index is -0.741. The molecule has 0 aliphatic rings. The Bertz CT molecular complexity index is 539. The van der Waals surface area contributed by atoms with Crippen LogP contribution in [0.3, 0.4) is 0 Å². The van der Waals surface area contributed by atoms with Crippen LogP contribution in [0.5, 0.6) is 11.5 Å². The number of aliphatic hydroxyl groups is 1. The predicted molar refractivity (Wildman–Crippen MR) is 70.5 cm³/mol. The third kappa shape index (κ3) is 2.47. The maximum atomic E-state index is 10.2. The third-order valence-electron chi connectivity index (χ3n) is 2.64. The first kappa shape index (κ1) is 12.9. The van der Waals surface area contributed by atoms with E-state index in [-0.39, 0.29) is 0 Å². The highest BCUT2D eigenvalue weighted by Crippen LogP contribution is 2.32. The van der Waals surface area contributed by atoms with Crippen LogP contribution >= 0.6 is 11.3 Å². The summed E-state index contributed by atoms with van der Waals surface area (Å²) < 4.78 is 10.4. The molecule has 2 rings (SSSR count). The molecule has 1 unspecified atom stereocenters. The number of hydrogen-bond acceptors (Lipinski definition) is 5. The molecule has 0 saturated heterocycles. The van der Waals surface area contributed by atoms with E-state index >= 15 is 0 Å². The summed E-state index contributed by atoms with van der Waals surface area (Å²) in [6, 6.07) is 5.34. The summed E-state index contributed by atoms with van der Waals surface area (Å²) in [5.74, 6) is 1.24. The lowest BCUT2D eigenvalue weighted by molar-refractivity contribution is 0.215. The van der Waals surface area contributed by atoms with Crippen LogP contribution in [0.25, 0.3) is 0 Å². The van der Waals surface area contributed by atoms with Gasteiger partial charge in [-0.2, -0.15) is 0 Å². The Balaban J connectivity index is 2.33. The van der Waals surface area contributed by atoms with E-state index in [4.69, 9.17) is 9.47 Å². The predicted octanol–water partition coefficient (Wildman–Crippen LogP) is 2.55. The zero-order valence-corrected chi connectivity index (χ0v) is 11.3. The van der Waals surface area contributed by atoms with Crippen LogP contribution in [0, 0.1) is 6.92 Å². The van der Waals surface area contributed by atoms with Gasteiger partial charge in [0.25, 0.3) is 0 Å². The van der Waals surface area contributed by atoms with Crippen molar-refractivity contribution in [2.24, 2.45) is 0 Å². The number of thiazole rings is 1. The molecule has 1 N–H and O–H groups in total. The molecule has 4 nitrogen and oxygen atoms in total. The third-order valence-corrected chi connectivity index (χ3v) is 3.43. The van der Waals surface area contributed by atoms with E-state index in [0.717, 1.165) is 10.6 Å². The maximum absolute atomic E-state index is 10.2. The average Bonchev–Trinajstić information content (AvgIpc) is 2.83. The molecule has 1 aromatic carbocycles. The van der Waals surface area contributed by atoms with Crippen LogP contribution in [0.1, 0.15) is 22.4 Å². The molecule has 1 heterocycles. The maximum Gasteiger partial charge on any atom is 0.161 e. The van der Waals surface area contributed by atoms with Crippen LogP contribution in [-0.2, 0) is 0 Å². The smallest absolute Gasteiger partial charge is 0.161 e. The first-order valence-electron chi connectivity index (χ1n) is 5.47. The van der Waals surface area contributed by atoms with E-state index in [1.165, 1.54) is 11.3 Å². The zero-order valence-electron chi connectivity index (χ0n) is 10.5. The highest BCUT2D eigenvalue weighted by atomic mass is 32.1. The molecule has 1 aromatic heterocycles. The molecule has 0 saturated carbocycles. The van der Waals surface area contributed by atoms with Crippen molar-refractivity contribution in [3.63, 3.8) is 0 Å². The molecule has 0 amide bonds. The normalized spacial score (nSPS) is 12.2. The quantitative estimate of drug-likeness (QED) is 0.923. The fraction of sp³-hybridized carbons (Fsp3) is 0.308. The van der Waals surface area contributed by atoms with Crippen molar-refractivity contribution < 1.29 is 14.6 Å². The molecule has 0 spiro atoms. The molecule has 1 atom stereocenters. The summed E-state index contributed by atoms with van der Waals surface area (Å²) in [7, 11) is 3.15. The summed E-state index contributed by atoms with van der Waals surface area (Å²) in [6.07, 6.45) is -0.741. The lowest BCUT2D eigenvalue weighted by atomic mass is 10.1. The van der Waals surface area contributed by atoms with Crippen molar-refractivity contribution >= 4 is 11.3 Å². The summed E-state index contributed by atoms with van der Waals surface area (Å²) in [5, 5.41) is 13.0. The Labute approximate surface area is 110 Å². The van der Waals surface area contributed by atoms with E-state index in [0.29, 0.717) is 17.2 Å². The monoisotopic (exact) mass is 265 g/mol. The van der Waals surface area contributed by atoms with Gasteiger partial charge in [-0.15, -0.1) is 11.3 Å². The molecular formula is C13H15NO3S. The number of aromatic nitrogens is 1. The van der Waals surface area contributed by atoms with Gasteiger partial charge in [0, 0.05) is 5.38 Å². The van der Waals surface area contributed by atoms with Gasteiger partial charge < -0.3 is 14.6 Å². The minimum Gasteiger partial charge on any atom is -0.493 e. The van der Waals surface area contributed by atoms with Crippen LogP contribution in [0.4, 0.5) is 0 Å². The molecule has 0 radical (unpaired) electrons. The molecule has 96 valence electrons. The molecule has 18 heavy (non-hydrogen) atoms. The summed E-state index contributed by atoms with van der Waals surface area (Å²) in [6.45, 7) is 1.91. The number of aryl methyl sites for hydroxylation is 1. The highest BCUT2D eigenvalue weighted by molar-refractivity contribution is 7.09. The van der Waals surface area contributed by atoms with E-state index in [1.54, 1.807) is 32.4 Å². The molecule has 0 fully saturated rings. The number of aliphatic hydroxyl groups excluding tert-OH is 1. The van der Waals surface area contributed by atoms with E-state index in [2.05, 4.69) is 4.98 Å². The summed E-state index contributed by atoms with van der Waals surface area (Å²) in [5.41, 5.74) is 1.39. The van der Waals surface area contributed by atoms with Crippen molar-refractivity contribution in [1.82, 2.24) is 4.98 Å². The van der Waals surface area contributed by atoms with Crippen LogP contribution in [0.2, 0.25) is 0 Å². The molecule has 0 aliphatic heterocycles. The first-order chi connectivity index (χ1) is 8.65. The Kier molecular flexibility index (Phi) is 3.84. The van der Waals surface area contributed by atoms with Gasteiger partial charge in [-0.05, 0) is 24.6 Å².